The average molecular weight is 694 g/mol. The van der Waals surface area contributed by atoms with Crippen LogP contribution in [0.2, 0.25) is 22.5 Å². The van der Waals surface area contributed by atoms with E-state index in [1.807, 2.05) is 0 Å². The minimum atomic E-state index is -3.73. The van der Waals surface area contributed by atoms with Gasteiger partial charge in [0.15, 0.2) is 0 Å². The molecule has 4 rings (SSSR count). The Hall–Kier alpha value is -0.993. The van der Waals surface area contributed by atoms with Gasteiger partial charge in [0.2, 0.25) is 0 Å². The van der Waals surface area contributed by atoms with Crippen molar-refractivity contribution in [1.29, 1.82) is 0 Å². The fourth-order valence-electron chi connectivity index (χ4n) is 8.24. The topological polar surface area (TPSA) is 0 Å². The number of benzene rings is 2. The maximum absolute atomic E-state index is 3.73. The molecule has 2 aromatic carbocycles. The first kappa shape index (κ1) is 30.0. The zero-order valence-electron chi connectivity index (χ0n) is 27.0. The normalized spacial score (nSPS) is 20.3. The zero-order chi connectivity index (χ0) is 28.5. The molecule has 0 amide bonds. The van der Waals surface area contributed by atoms with E-state index in [9.17, 15) is 0 Å². The first-order valence-corrected chi connectivity index (χ1v) is 35.9. The Morgan fingerprint density at radius 2 is 0.921 bits per heavy atom. The molecule has 2 heteroatoms. The van der Waals surface area contributed by atoms with Crippen LogP contribution in [0.25, 0.3) is 12.2 Å². The monoisotopic (exact) mass is 695 g/mol. The Kier molecular flexibility index (Phi) is 7.99. The Balaban J connectivity index is 2.06. The van der Waals surface area contributed by atoms with Gasteiger partial charge in [-0.3, -0.25) is 0 Å². The molecule has 207 valence electrons. The van der Waals surface area contributed by atoms with Gasteiger partial charge in [-0.25, -0.2) is 0 Å². The van der Waals surface area contributed by atoms with Crippen molar-refractivity contribution < 1.29 is 17.7 Å². The molecule has 0 aliphatic heterocycles. The van der Waals surface area contributed by atoms with Crippen molar-refractivity contribution in [3.05, 3.63) is 79.9 Å². The van der Waals surface area contributed by atoms with Gasteiger partial charge in [-0.1, -0.05) is 0 Å². The third-order valence-electron chi connectivity index (χ3n) is 11.0. The number of fused-ring (bicyclic) bond motifs is 2. The van der Waals surface area contributed by atoms with E-state index < -0.39 is 23.7 Å². The summed E-state index contributed by atoms with van der Waals surface area (Å²) in [6.45, 7) is 29.5. The van der Waals surface area contributed by atoms with Gasteiger partial charge in [0.05, 0.1) is 0 Å². The zero-order valence-corrected chi connectivity index (χ0v) is 31.8. The maximum atomic E-state index is 2.91. The van der Waals surface area contributed by atoms with Crippen molar-refractivity contribution >= 4 is 18.1 Å². The summed E-state index contributed by atoms with van der Waals surface area (Å²) in [5.41, 5.74) is 16.1. The second-order valence-electron chi connectivity index (χ2n) is 15.4. The Morgan fingerprint density at radius 3 is 1.18 bits per heavy atom. The van der Waals surface area contributed by atoms with Gasteiger partial charge in [0.1, 0.15) is 0 Å². The van der Waals surface area contributed by atoms with Crippen LogP contribution in [0.1, 0.15) is 145 Å². The summed E-state index contributed by atoms with van der Waals surface area (Å²) in [5.74, 6) is 1.17. The van der Waals surface area contributed by atoms with Crippen molar-refractivity contribution in [3.8, 4) is 0 Å². The van der Waals surface area contributed by atoms with E-state index in [1.54, 1.807) is 44.5 Å². The van der Waals surface area contributed by atoms with Crippen LogP contribution < -0.4 is 0 Å². The van der Waals surface area contributed by atoms with Crippen LogP contribution in [-0.4, -0.2) is 5.98 Å². The number of rotatable bonds is 7. The standard InChI is InChI=1S/2C16H21.C2H7Si.2CH3.Hf/c2*1-10(2)13-8-14-6-12(5)7-16(14)15(9-13)11(3)4;1-3-2;;;/h2*6-11H,1-5H3;3H,1-2H3;2*1H3;. The molecule has 2 aliphatic carbocycles. The minimum absolute atomic E-state index is 0.549. The van der Waals surface area contributed by atoms with Crippen LogP contribution in [0.5, 0.6) is 0 Å². The van der Waals surface area contributed by atoms with Gasteiger partial charge in [0, 0.05) is 0 Å². The molecular weight excluding hydrogens is 639 g/mol. The molecule has 0 heterocycles. The van der Waals surface area contributed by atoms with E-state index in [-0.39, 0.29) is 0 Å². The van der Waals surface area contributed by atoms with E-state index >= 15 is 0 Å². The molecule has 38 heavy (non-hydrogen) atoms. The first-order chi connectivity index (χ1) is 17.5. The van der Waals surface area contributed by atoms with Crippen LogP contribution in [0.3, 0.4) is 0 Å². The summed E-state index contributed by atoms with van der Waals surface area (Å²) in [7, 11) is 0. The van der Waals surface area contributed by atoms with E-state index in [4.69, 9.17) is 0 Å². The number of hydrogen-bond acceptors (Lipinski definition) is 0. The van der Waals surface area contributed by atoms with Crippen molar-refractivity contribution in [2.24, 2.45) is 0 Å². The fourth-order valence-corrected chi connectivity index (χ4v) is 52.1. The van der Waals surface area contributed by atoms with Crippen molar-refractivity contribution in [2.45, 2.75) is 123 Å². The summed E-state index contributed by atoms with van der Waals surface area (Å²) < 4.78 is 7.12. The van der Waals surface area contributed by atoms with E-state index in [2.05, 4.69) is 128 Å². The van der Waals surface area contributed by atoms with Crippen LogP contribution in [0, 0.1) is 0 Å². The summed E-state index contributed by atoms with van der Waals surface area (Å²) in [6.07, 6.45) is 5.25. The molecule has 0 fully saturated rings. The molecule has 0 spiro atoms. The molecule has 2 atom stereocenters. The van der Waals surface area contributed by atoms with Crippen LogP contribution >= 0.6 is 0 Å². The molecule has 0 saturated heterocycles. The van der Waals surface area contributed by atoms with E-state index in [0.29, 0.717) is 31.0 Å². The molecule has 2 unspecified atom stereocenters. The summed E-state index contributed by atoms with van der Waals surface area (Å²) in [5, 5.41) is 0. The fraction of sp³-hybridized carbons (Fsp3) is 0.556. The molecule has 2 aromatic rings. The molecule has 0 aromatic heterocycles. The molecule has 2 aliphatic rings. The predicted octanol–water partition coefficient (Wildman–Crippen LogP) is 11.6. The van der Waals surface area contributed by atoms with E-state index in [0.717, 1.165) is 0 Å². The summed E-state index contributed by atoms with van der Waals surface area (Å²) >= 11 is -3.73. The Morgan fingerprint density at radius 1 is 0.579 bits per heavy atom. The average Bonchev–Trinajstić information content (AvgIpc) is 3.33. The number of hydrogen-bond donors (Lipinski definition) is 0. The molecule has 0 saturated carbocycles. The third kappa shape index (κ3) is 4.49. The predicted molar refractivity (Wildman–Crippen MR) is 173 cm³/mol. The number of allylic oxidation sites excluding steroid dienone is 2. The second-order valence-corrected chi connectivity index (χ2v) is 68.8. The Bertz CT molecular complexity index is 1220. The van der Waals surface area contributed by atoms with Gasteiger partial charge in [0.25, 0.3) is 0 Å². The molecule has 0 nitrogen and oxygen atoms in total. The molecule has 0 radical (unpaired) electrons. The van der Waals surface area contributed by atoms with Gasteiger partial charge in [-0.15, -0.1) is 0 Å². The van der Waals surface area contributed by atoms with Crippen LogP contribution in [0.4, 0.5) is 0 Å². The third-order valence-corrected chi connectivity index (χ3v) is 78.0. The van der Waals surface area contributed by atoms with Crippen LogP contribution in [-0.2, 0) is 17.7 Å². The summed E-state index contributed by atoms with van der Waals surface area (Å²) in [6, 6.07) is 10.4. The van der Waals surface area contributed by atoms with Gasteiger partial charge in [-0.2, -0.15) is 0 Å². The van der Waals surface area contributed by atoms with E-state index in [1.165, 1.54) is 11.1 Å². The SMILES string of the molecule is CC1=Cc2c(C(C)C)cc(C(C)C)cc2[CH]1[Hf]([CH3])([CH3])([CH]1C(C)=Cc2c(C(C)C)cc(C(C)C)cc21)[SiH](C)C. The van der Waals surface area contributed by atoms with Crippen molar-refractivity contribution in [3.63, 3.8) is 0 Å². The quantitative estimate of drug-likeness (QED) is 0.253. The molecule has 0 N–H and O–H groups in total. The molecule has 0 bridgehead atoms. The van der Waals surface area contributed by atoms with Crippen molar-refractivity contribution in [1.82, 2.24) is 0 Å². The van der Waals surface area contributed by atoms with Crippen molar-refractivity contribution in [2.75, 3.05) is 0 Å². The van der Waals surface area contributed by atoms with Crippen LogP contribution in [0.15, 0.2) is 35.4 Å². The first-order valence-electron chi connectivity index (χ1n) is 15.4. The summed E-state index contributed by atoms with van der Waals surface area (Å²) in [4.78, 5) is 0. The van der Waals surface area contributed by atoms with Gasteiger partial charge < -0.3 is 0 Å². The second kappa shape index (κ2) is 10.1. The molecular formula is C36H55HfSi. The Labute approximate surface area is 237 Å². The van der Waals surface area contributed by atoms with Gasteiger partial charge in [-0.05, 0) is 0 Å². The van der Waals surface area contributed by atoms with Gasteiger partial charge >= 0.3 is 238 Å².